The molecule has 6 heteroatoms. The van der Waals surface area contributed by atoms with E-state index in [2.05, 4.69) is 5.32 Å². The van der Waals surface area contributed by atoms with E-state index in [-0.39, 0.29) is 5.91 Å². The molecule has 2 N–H and O–H groups in total. The fraction of sp³-hybridized carbons (Fsp3) is 0.294. The third-order valence-electron chi connectivity index (χ3n) is 4.27. The fourth-order valence-electron chi connectivity index (χ4n) is 2.78. The molecule has 3 rings (SSSR count). The molecule has 1 saturated carbocycles. The Morgan fingerprint density at radius 3 is 2.35 bits per heavy atom. The molecule has 1 aliphatic carbocycles. The summed E-state index contributed by atoms with van der Waals surface area (Å²) in [6.07, 6.45) is 0.952. The summed E-state index contributed by atoms with van der Waals surface area (Å²) in [5, 5.41) is 12.5. The van der Waals surface area contributed by atoms with Crippen molar-refractivity contribution in [3.63, 3.8) is 0 Å². The molecule has 0 unspecified atom stereocenters. The van der Waals surface area contributed by atoms with Gasteiger partial charge in [-0.3, -0.25) is 4.79 Å². The van der Waals surface area contributed by atoms with Crippen molar-refractivity contribution in [1.29, 1.82) is 0 Å². The number of nitrogens with one attached hydrogen (secondary N) is 1. The topological polar surface area (TPSA) is 71.3 Å². The third-order valence-corrected chi connectivity index (χ3v) is 4.52. The van der Waals surface area contributed by atoms with Crippen molar-refractivity contribution in [2.75, 3.05) is 0 Å². The summed E-state index contributed by atoms with van der Waals surface area (Å²) in [6.45, 7) is 3.75. The summed E-state index contributed by atoms with van der Waals surface area (Å²) in [6, 6.07) is 9.11. The highest BCUT2D eigenvalue weighted by atomic mass is 35.5. The van der Waals surface area contributed by atoms with Gasteiger partial charge in [0.2, 0.25) is 0 Å². The number of amides is 1. The second-order valence-corrected chi connectivity index (χ2v) is 6.37. The summed E-state index contributed by atoms with van der Waals surface area (Å²) < 4.78 is 1.95. The molecular formula is C17H17ClN2O3. The fourth-order valence-corrected chi connectivity index (χ4v) is 2.91. The highest BCUT2D eigenvalue weighted by Crippen LogP contribution is 2.36. The van der Waals surface area contributed by atoms with Gasteiger partial charge < -0.3 is 15.0 Å². The largest absolute Gasteiger partial charge is 0.480 e. The van der Waals surface area contributed by atoms with Crippen LogP contribution in [0.25, 0.3) is 5.69 Å². The van der Waals surface area contributed by atoms with E-state index in [1.165, 1.54) is 0 Å². The van der Waals surface area contributed by atoms with Crippen molar-refractivity contribution in [2.45, 2.75) is 32.2 Å². The van der Waals surface area contributed by atoms with Gasteiger partial charge in [-0.15, -0.1) is 0 Å². The number of aryl methyl sites for hydroxylation is 1. The molecule has 0 radical (unpaired) electrons. The molecule has 0 atom stereocenters. The van der Waals surface area contributed by atoms with Gasteiger partial charge in [-0.1, -0.05) is 11.6 Å². The molecule has 0 aliphatic heterocycles. The Balaban J connectivity index is 1.93. The Labute approximate surface area is 138 Å². The molecule has 5 nitrogen and oxygen atoms in total. The van der Waals surface area contributed by atoms with E-state index in [0.717, 1.165) is 17.1 Å². The summed E-state index contributed by atoms with van der Waals surface area (Å²) >= 11 is 5.91. The van der Waals surface area contributed by atoms with Crippen LogP contribution < -0.4 is 5.32 Å². The monoisotopic (exact) mass is 332 g/mol. The maximum absolute atomic E-state index is 12.5. The minimum atomic E-state index is -1.08. The van der Waals surface area contributed by atoms with E-state index in [1.807, 2.05) is 30.5 Å². The molecular weight excluding hydrogens is 316 g/mol. The summed E-state index contributed by atoms with van der Waals surface area (Å²) in [5.41, 5.74) is 1.98. The van der Waals surface area contributed by atoms with Crippen LogP contribution in [0.5, 0.6) is 0 Å². The number of hydrogen-bond donors (Lipinski definition) is 2. The Morgan fingerprint density at radius 1 is 1.22 bits per heavy atom. The van der Waals surface area contributed by atoms with Gasteiger partial charge in [0, 0.05) is 22.1 Å². The number of rotatable bonds is 4. The van der Waals surface area contributed by atoms with Crippen molar-refractivity contribution in [2.24, 2.45) is 0 Å². The van der Waals surface area contributed by atoms with Crippen LogP contribution in [0.1, 0.15) is 34.6 Å². The van der Waals surface area contributed by atoms with Crippen LogP contribution in [0.4, 0.5) is 0 Å². The minimum Gasteiger partial charge on any atom is -0.480 e. The molecule has 2 aromatic rings. The molecule has 0 bridgehead atoms. The van der Waals surface area contributed by atoms with E-state index in [9.17, 15) is 14.7 Å². The first kappa shape index (κ1) is 15.6. The molecule has 1 aromatic carbocycles. The predicted octanol–water partition coefficient (Wildman–Crippen LogP) is 3.09. The molecule has 1 aromatic heterocycles. The van der Waals surface area contributed by atoms with E-state index in [1.54, 1.807) is 18.2 Å². The SMILES string of the molecule is Cc1cc(C(=O)NC2(C(=O)O)CC2)c(C)n1-c1ccc(Cl)cc1. The standard InChI is InChI=1S/C17H17ClN2O3/c1-10-9-14(15(21)19-17(7-8-17)16(22)23)11(2)20(10)13-5-3-12(18)4-6-13/h3-6,9H,7-8H2,1-2H3,(H,19,21)(H,22,23). The lowest BCUT2D eigenvalue weighted by atomic mass is 10.2. The van der Waals surface area contributed by atoms with Crippen molar-refractivity contribution < 1.29 is 14.7 Å². The Bertz CT molecular complexity index is 789. The van der Waals surface area contributed by atoms with Crippen LogP contribution in [0, 0.1) is 13.8 Å². The molecule has 120 valence electrons. The van der Waals surface area contributed by atoms with Gasteiger partial charge in [-0.25, -0.2) is 4.79 Å². The second kappa shape index (κ2) is 5.42. The third kappa shape index (κ3) is 2.72. The molecule has 1 fully saturated rings. The van der Waals surface area contributed by atoms with Crippen LogP contribution in [-0.4, -0.2) is 27.1 Å². The van der Waals surface area contributed by atoms with Crippen molar-refractivity contribution >= 4 is 23.5 Å². The first-order valence-electron chi connectivity index (χ1n) is 7.35. The van der Waals surface area contributed by atoms with Gasteiger partial charge in [0.1, 0.15) is 5.54 Å². The van der Waals surface area contributed by atoms with Crippen molar-refractivity contribution in [3.8, 4) is 5.69 Å². The average Bonchev–Trinajstić information content (AvgIpc) is 3.21. The van der Waals surface area contributed by atoms with Gasteiger partial charge in [-0.05, 0) is 57.0 Å². The highest BCUT2D eigenvalue weighted by molar-refractivity contribution is 6.30. The number of carboxylic acids is 1. The quantitative estimate of drug-likeness (QED) is 0.903. The number of carboxylic acid groups (broad SMARTS) is 1. The number of hydrogen-bond acceptors (Lipinski definition) is 2. The summed E-state index contributed by atoms with van der Waals surface area (Å²) in [5.74, 6) is -1.32. The van der Waals surface area contributed by atoms with E-state index >= 15 is 0 Å². The zero-order valence-corrected chi connectivity index (χ0v) is 13.6. The molecule has 0 spiro atoms. The minimum absolute atomic E-state index is 0.349. The van der Waals surface area contributed by atoms with Gasteiger partial charge in [0.25, 0.3) is 5.91 Å². The van der Waals surface area contributed by atoms with Gasteiger partial charge >= 0.3 is 5.97 Å². The maximum atomic E-state index is 12.5. The van der Waals surface area contributed by atoms with Crippen LogP contribution in [0.2, 0.25) is 5.02 Å². The van der Waals surface area contributed by atoms with Gasteiger partial charge in [0.05, 0.1) is 5.56 Å². The first-order valence-corrected chi connectivity index (χ1v) is 7.73. The van der Waals surface area contributed by atoms with Crippen molar-refractivity contribution in [1.82, 2.24) is 9.88 Å². The van der Waals surface area contributed by atoms with Crippen LogP contribution in [0.3, 0.4) is 0 Å². The Hall–Kier alpha value is -2.27. The number of nitrogens with zero attached hydrogens (tertiary/aromatic N) is 1. The number of aromatic nitrogens is 1. The molecule has 23 heavy (non-hydrogen) atoms. The smallest absolute Gasteiger partial charge is 0.329 e. The zero-order valence-electron chi connectivity index (χ0n) is 12.9. The number of aliphatic carboxylic acids is 1. The van der Waals surface area contributed by atoms with Crippen molar-refractivity contribution in [3.05, 3.63) is 52.3 Å². The number of benzene rings is 1. The van der Waals surface area contributed by atoms with E-state index in [4.69, 9.17) is 11.6 Å². The van der Waals surface area contributed by atoms with Gasteiger partial charge in [-0.2, -0.15) is 0 Å². The zero-order chi connectivity index (χ0) is 16.8. The lowest BCUT2D eigenvalue weighted by Crippen LogP contribution is -2.43. The normalized spacial score (nSPS) is 15.3. The average molecular weight is 333 g/mol. The molecule has 1 amide bonds. The molecule has 1 aliphatic rings. The number of halogens is 1. The first-order chi connectivity index (χ1) is 10.8. The predicted molar refractivity (Wildman–Crippen MR) is 87.3 cm³/mol. The lowest BCUT2D eigenvalue weighted by Gasteiger charge is -2.13. The Morgan fingerprint density at radius 2 is 1.83 bits per heavy atom. The van der Waals surface area contributed by atoms with E-state index < -0.39 is 11.5 Å². The highest BCUT2D eigenvalue weighted by Gasteiger charge is 2.51. The van der Waals surface area contributed by atoms with Gasteiger partial charge in [0.15, 0.2) is 0 Å². The molecule has 0 saturated heterocycles. The number of carbonyl (C=O) groups excluding carboxylic acids is 1. The Kier molecular flexibility index (Phi) is 3.68. The van der Waals surface area contributed by atoms with Crippen LogP contribution in [-0.2, 0) is 4.79 Å². The lowest BCUT2D eigenvalue weighted by molar-refractivity contribution is -0.140. The number of carbonyl (C=O) groups is 2. The summed E-state index contributed by atoms with van der Waals surface area (Å²) in [7, 11) is 0. The molecule has 1 heterocycles. The maximum Gasteiger partial charge on any atom is 0.329 e. The van der Waals surface area contributed by atoms with Crippen LogP contribution >= 0.6 is 11.6 Å². The van der Waals surface area contributed by atoms with Crippen LogP contribution in [0.15, 0.2) is 30.3 Å². The second-order valence-electron chi connectivity index (χ2n) is 5.94. The summed E-state index contributed by atoms with van der Waals surface area (Å²) in [4.78, 5) is 23.7. The van der Waals surface area contributed by atoms with E-state index in [0.29, 0.717) is 23.4 Å².